The minimum absolute atomic E-state index is 0.187. The summed E-state index contributed by atoms with van der Waals surface area (Å²) in [5.41, 5.74) is 6.32. The Morgan fingerprint density at radius 1 is 1.12 bits per heavy atom. The highest BCUT2D eigenvalue weighted by Gasteiger charge is 2.14. The number of para-hydroxylation sites is 2. The molecule has 0 aliphatic carbocycles. The SMILES string of the molecule is CCCOc1ccc(/C=N\NC(=O)CSc2nc3ccccc3n2Cc2ccccc2Cl)cc1. The third kappa shape index (κ3) is 6.18. The number of aromatic nitrogens is 2. The number of halogens is 1. The third-order valence-electron chi connectivity index (χ3n) is 4.99. The van der Waals surface area contributed by atoms with Gasteiger partial charge in [-0.1, -0.05) is 60.6 Å². The maximum atomic E-state index is 12.4. The topological polar surface area (TPSA) is 68.5 Å². The number of hydrogen-bond donors (Lipinski definition) is 1. The minimum Gasteiger partial charge on any atom is -0.494 e. The van der Waals surface area contributed by atoms with Crippen molar-refractivity contribution in [3.8, 4) is 5.75 Å². The number of carbonyl (C=O) groups excluding carboxylic acids is 1. The summed E-state index contributed by atoms with van der Waals surface area (Å²) in [6, 6.07) is 23.2. The molecule has 0 aliphatic rings. The summed E-state index contributed by atoms with van der Waals surface area (Å²) >= 11 is 7.75. The van der Waals surface area contributed by atoms with E-state index in [1.165, 1.54) is 11.8 Å². The van der Waals surface area contributed by atoms with Crippen LogP contribution in [0.4, 0.5) is 0 Å². The van der Waals surface area contributed by atoms with Crippen molar-refractivity contribution in [2.75, 3.05) is 12.4 Å². The number of fused-ring (bicyclic) bond motifs is 1. The third-order valence-corrected chi connectivity index (χ3v) is 6.34. The van der Waals surface area contributed by atoms with Gasteiger partial charge in [0.05, 0.1) is 36.2 Å². The van der Waals surface area contributed by atoms with Crippen LogP contribution in [-0.2, 0) is 11.3 Å². The molecule has 0 fully saturated rings. The molecule has 6 nitrogen and oxygen atoms in total. The molecule has 1 aromatic heterocycles. The van der Waals surface area contributed by atoms with Gasteiger partial charge in [-0.3, -0.25) is 4.79 Å². The monoisotopic (exact) mass is 492 g/mol. The Hall–Kier alpha value is -3.29. The first-order valence-corrected chi connectivity index (χ1v) is 12.4. The second-order valence-corrected chi connectivity index (χ2v) is 8.91. The van der Waals surface area contributed by atoms with E-state index >= 15 is 0 Å². The summed E-state index contributed by atoms with van der Waals surface area (Å²) in [6.45, 7) is 3.32. The molecule has 0 bridgehead atoms. The predicted octanol–water partition coefficient (Wildman–Crippen LogP) is 5.77. The van der Waals surface area contributed by atoms with Crippen molar-refractivity contribution >= 4 is 46.5 Å². The van der Waals surface area contributed by atoms with E-state index in [0.29, 0.717) is 18.2 Å². The van der Waals surface area contributed by atoms with Gasteiger partial charge in [0.15, 0.2) is 5.16 Å². The van der Waals surface area contributed by atoms with Gasteiger partial charge in [0.25, 0.3) is 5.91 Å². The number of imidazole rings is 1. The lowest BCUT2D eigenvalue weighted by Crippen LogP contribution is -2.20. The number of hydrogen-bond acceptors (Lipinski definition) is 5. The number of carbonyl (C=O) groups is 1. The Balaban J connectivity index is 1.38. The van der Waals surface area contributed by atoms with Crippen LogP contribution < -0.4 is 10.2 Å². The Morgan fingerprint density at radius 2 is 1.88 bits per heavy atom. The molecule has 0 radical (unpaired) electrons. The van der Waals surface area contributed by atoms with Crippen molar-refractivity contribution in [1.82, 2.24) is 15.0 Å². The lowest BCUT2D eigenvalue weighted by atomic mass is 10.2. The lowest BCUT2D eigenvalue weighted by Gasteiger charge is -2.10. The highest BCUT2D eigenvalue weighted by atomic mass is 35.5. The Bertz CT molecular complexity index is 1290. The molecule has 0 saturated carbocycles. The van der Waals surface area contributed by atoms with E-state index in [9.17, 15) is 4.79 Å². The molecule has 0 aliphatic heterocycles. The zero-order valence-electron chi connectivity index (χ0n) is 18.8. The number of thioether (sulfide) groups is 1. The van der Waals surface area contributed by atoms with Crippen LogP contribution >= 0.6 is 23.4 Å². The van der Waals surface area contributed by atoms with Crippen LogP contribution in [0.2, 0.25) is 5.02 Å². The number of hydrazone groups is 1. The van der Waals surface area contributed by atoms with Gasteiger partial charge in [-0.2, -0.15) is 5.10 Å². The summed E-state index contributed by atoms with van der Waals surface area (Å²) in [7, 11) is 0. The molecule has 8 heteroatoms. The highest BCUT2D eigenvalue weighted by molar-refractivity contribution is 7.99. The smallest absolute Gasteiger partial charge is 0.250 e. The fourth-order valence-corrected chi connectivity index (χ4v) is 4.33. The van der Waals surface area contributed by atoms with Crippen molar-refractivity contribution in [1.29, 1.82) is 0 Å². The second-order valence-electron chi connectivity index (χ2n) is 7.56. The van der Waals surface area contributed by atoms with Gasteiger partial charge in [-0.25, -0.2) is 10.4 Å². The van der Waals surface area contributed by atoms with Crippen LogP contribution in [0.5, 0.6) is 5.75 Å². The minimum atomic E-state index is -0.208. The molecular formula is C26H25ClN4O2S. The number of amides is 1. The number of benzene rings is 3. The Kier molecular flexibility index (Phi) is 8.22. The van der Waals surface area contributed by atoms with Gasteiger partial charge in [0, 0.05) is 5.02 Å². The molecule has 0 atom stereocenters. The largest absolute Gasteiger partial charge is 0.494 e. The molecule has 34 heavy (non-hydrogen) atoms. The maximum absolute atomic E-state index is 12.4. The number of ether oxygens (including phenoxy) is 1. The molecule has 4 aromatic rings. The van der Waals surface area contributed by atoms with Gasteiger partial charge in [0.2, 0.25) is 0 Å². The van der Waals surface area contributed by atoms with Crippen molar-refractivity contribution in [2.45, 2.75) is 25.0 Å². The van der Waals surface area contributed by atoms with Crippen LogP contribution in [0.25, 0.3) is 11.0 Å². The highest BCUT2D eigenvalue weighted by Crippen LogP contribution is 2.27. The predicted molar refractivity (Wildman–Crippen MR) is 139 cm³/mol. The molecule has 1 heterocycles. The number of rotatable bonds is 10. The summed E-state index contributed by atoms with van der Waals surface area (Å²) in [6.07, 6.45) is 2.57. The molecule has 4 rings (SSSR count). The molecule has 1 N–H and O–H groups in total. The first-order valence-electron chi connectivity index (χ1n) is 11.0. The van der Waals surface area contributed by atoms with E-state index in [-0.39, 0.29) is 11.7 Å². The summed E-state index contributed by atoms with van der Waals surface area (Å²) in [5, 5.41) is 5.52. The molecule has 0 unspecified atom stereocenters. The van der Waals surface area contributed by atoms with Crippen molar-refractivity contribution < 1.29 is 9.53 Å². The fourth-order valence-electron chi connectivity index (χ4n) is 3.32. The van der Waals surface area contributed by atoms with Crippen LogP contribution in [0.15, 0.2) is 83.1 Å². The lowest BCUT2D eigenvalue weighted by molar-refractivity contribution is -0.118. The number of nitrogens with zero attached hydrogens (tertiary/aromatic N) is 3. The first kappa shape index (κ1) is 23.9. The average Bonchev–Trinajstić information content (AvgIpc) is 3.21. The zero-order valence-corrected chi connectivity index (χ0v) is 20.4. The van der Waals surface area contributed by atoms with E-state index < -0.39 is 0 Å². The van der Waals surface area contributed by atoms with E-state index in [1.807, 2.05) is 72.8 Å². The van der Waals surface area contributed by atoms with Gasteiger partial charge in [0.1, 0.15) is 5.75 Å². The quantitative estimate of drug-likeness (QED) is 0.173. The maximum Gasteiger partial charge on any atom is 0.250 e. The fraction of sp³-hybridized carbons (Fsp3) is 0.192. The van der Waals surface area contributed by atoms with Gasteiger partial charge in [-0.05, 0) is 60.0 Å². The van der Waals surface area contributed by atoms with Crippen LogP contribution in [0.3, 0.4) is 0 Å². The average molecular weight is 493 g/mol. The van der Waals surface area contributed by atoms with E-state index in [4.69, 9.17) is 21.3 Å². The molecule has 1 amide bonds. The van der Waals surface area contributed by atoms with Crippen LogP contribution in [-0.4, -0.2) is 34.0 Å². The molecule has 174 valence electrons. The summed E-state index contributed by atoms with van der Waals surface area (Å²) < 4.78 is 7.65. The molecule has 0 saturated heterocycles. The Morgan fingerprint density at radius 3 is 2.68 bits per heavy atom. The van der Waals surface area contributed by atoms with E-state index in [1.54, 1.807) is 6.21 Å². The van der Waals surface area contributed by atoms with Crippen molar-refractivity contribution in [3.05, 3.63) is 88.9 Å². The number of nitrogens with one attached hydrogen (secondary N) is 1. The van der Waals surface area contributed by atoms with E-state index in [0.717, 1.165) is 39.5 Å². The molecule has 0 spiro atoms. The summed E-state index contributed by atoms with van der Waals surface area (Å²) in [5.74, 6) is 0.798. The Labute approximate surface area is 208 Å². The standard InChI is InChI=1S/C26H25ClN4O2S/c1-2-15-33-21-13-11-19(12-14-21)16-28-30-25(32)18-34-26-29-23-9-5-6-10-24(23)31(26)17-20-7-3-4-8-22(20)27/h3-14,16H,2,15,17-18H2,1H3,(H,30,32)/b28-16-. The van der Waals surface area contributed by atoms with E-state index in [2.05, 4.69) is 22.0 Å². The van der Waals surface area contributed by atoms with Crippen molar-refractivity contribution in [2.24, 2.45) is 5.10 Å². The second kappa shape index (κ2) is 11.7. The van der Waals surface area contributed by atoms with Gasteiger partial charge in [-0.15, -0.1) is 0 Å². The van der Waals surface area contributed by atoms with Gasteiger partial charge >= 0.3 is 0 Å². The van der Waals surface area contributed by atoms with Crippen LogP contribution in [0.1, 0.15) is 24.5 Å². The molecule has 3 aromatic carbocycles. The van der Waals surface area contributed by atoms with Crippen molar-refractivity contribution in [3.63, 3.8) is 0 Å². The molecular weight excluding hydrogens is 468 g/mol. The normalized spacial score (nSPS) is 11.2. The zero-order chi connectivity index (χ0) is 23.8. The van der Waals surface area contributed by atoms with Gasteiger partial charge < -0.3 is 9.30 Å². The summed E-state index contributed by atoms with van der Waals surface area (Å²) in [4.78, 5) is 17.1. The first-order chi connectivity index (χ1) is 16.6. The van der Waals surface area contributed by atoms with Crippen LogP contribution in [0, 0.1) is 0 Å².